The van der Waals surface area contributed by atoms with Gasteiger partial charge in [-0.3, -0.25) is 0 Å². The second-order valence-corrected chi connectivity index (χ2v) is 4.31. The third kappa shape index (κ3) is 2.85. The van der Waals surface area contributed by atoms with Gasteiger partial charge < -0.3 is 9.84 Å². The summed E-state index contributed by atoms with van der Waals surface area (Å²) in [5.41, 5.74) is 1.20. The summed E-state index contributed by atoms with van der Waals surface area (Å²) in [4.78, 5) is 10.9. The van der Waals surface area contributed by atoms with Gasteiger partial charge in [0, 0.05) is 10.6 Å². The third-order valence-electron chi connectivity index (χ3n) is 2.62. The van der Waals surface area contributed by atoms with Crippen molar-refractivity contribution in [2.75, 3.05) is 7.11 Å². The van der Waals surface area contributed by atoms with Gasteiger partial charge in [-0.15, -0.1) is 0 Å². The number of methoxy groups -OCH3 is 1. The van der Waals surface area contributed by atoms with E-state index in [0.29, 0.717) is 16.9 Å². The molecular formula is C14H10ClFO3. The van der Waals surface area contributed by atoms with Crippen molar-refractivity contribution in [2.24, 2.45) is 0 Å². The molecule has 0 aliphatic rings. The van der Waals surface area contributed by atoms with Crippen LogP contribution in [-0.4, -0.2) is 18.2 Å². The monoisotopic (exact) mass is 280 g/mol. The molecule has 0 heterocycles. The molecule has 0 bridgehead atoms. The predicted molar refractivity (Wildman–Crippen MR) is 70.4 cm³/mol. The van der Waals surface area contributed by atoms with Crippen LogP contribution >= 0.6 is 11.6 Å². The fourth-order valence-corrected chi connectivity index (χ4v) is 1.99. The fraction of sp³-hybridized carbons (Fsp3) is 0.0714. The number of ether oxygens (including phenoxy) is 1. The summed E-state index contributed by atoms with van der Waals surface area (Å²) in [7, 11) is 1.42. The topological polar surface area (TPSA) is 46.5 Å². The SMILES string of the molecule is COc1cc(C(=O)O)ccc1-c1cc(F)cc(Cl)c1. The molecule has 0 fully saturated rings. The minimum Gasteiger partial charge on any atom is -0.496 e. The Bertz CT molecular complexity index is 620. The largest absolute Gasteiger partial charge is 0.496 e. The number of halogens is 2. The molecule has 0 aliphatic heterocycles. The van der Waals surface area contributed by atoms with Gasteiger partial charge in [-0.05, 0) is 42.0 Å². The van der Waals surface area contributed by atoms with Crippen LogP contribution in [-0.2, 0) is 0 Å². The second kappa shape index (κ2) is 5.28. The first-order valence-electron chi connectivity index (χ1n) is 5.39. The lowest BCUT2D eigenvalue weighted by Crippen LogP contribution is -1.98. The van der Waals surface area contributed by atoms with E-state index >= 15 is 0 Å². The first kappa shape index (κ1) is 13.4. The maximum atomic E-state index is 13.3. The van der Waals surface area contributed by atoms with E-state index < -0.39 is 11.8 Å². The molecule has 0 radical (unpaired) electrons. The smallest absolute Gasteiger partial charge is 0.335 e. The standard InChI is InChI=1S/C14H10ClFO3/c1-19-13-6-8(14(17)18)2-3-12(13)9-4-10(15)7-11(16)5-9/h2-7H,1H3,(H,17,18). The lowest BCUT2D eigenvalue weighted by molar-refractivity contribution is 0.0696. The number of benzene rings is 2. The molecule has 0 atom stereocenters. The molecule has 2 aromatic carbocycles. The fourth-order valence-electron chi connectivity index (χ4n) is 1.77. The van der Waals surface area contributed by atoms with Crippen LogP contribution in [0.25, 0.3) is 11.1 Å². The maximum Gasteiger partial charge on any atom is 0.335 e. The summed E-state index contributed by atoms with van der Waals surface area (Å²) in [6.07, 6.45) is 0. The van der Waals surface area contributed by atoms with E-state index in [1.165, 1.54) is 31.4 Å². The average molecular weight is 281 g/mol. The zero-order valence-electron chi connectivity index (χ0n) is 9.98. The van der Waals surface area contributed by atoms with Crippen molar-refractivity contribution in [3.63, 3.8) is 0 Å². The second-order valence-electron chi connectivity index (χ2n) is 3.88. The molecule has 19 heavy (non-hydrogen) atoms. The van der Waals surface area contributed by atoms with Gasteiger partial charge in [0.15, 0.2) is 0 Å². The maximum absolute atomic E-state index is 13.3. The molecule has 0 aromatic heterocycles. The molecule has 0 unspecified atom stereocenters. The van der Waals surface area contributed by atoms with Gasteiger partial charge in [0.25, 0.3) is 0 Å². The van der Waals surface area contributed by atoms with Crippen molar-refractivity contribution in [1.29, 1.82) is 0 Å². The Morgan fingerprint density at radius 3 is 2.58 bits per heavy atom. The summed E-state index contributed by atoms with van der Waals surface area (Å²) in [6, 6.07) is 8.47. The van der Waals surface area contributed by atoms with Gasteiger partial charge >= 0.3 is 5.97 Å². The Morgan fingerprint density at radius 2 is 2.00 bits per heavy atom. The van der Waals surface area contributed by atoms with Crippen LogP contribution in [0.15, 0.2) is 36.4 Å². The lowest BCUT2D eigenvalue weighted by atomic mass is 10.0. The molecule has 3 nitrogen and oxygen atoms in total. The summed E-state index contributed by atoms with van der Waals surface area (Å²) in [6.45, 7) is 0. The molecule has 5 heteroatoms. The number of aromatic carboxylic acids is 1. The van der Waals surface area contributed by atoms with Crippen LogP contribution in [0.1, 0.15) is 10.4 Å². The van der Waals surface area contributed by atoms with Crippen molar-refractivity contribution >= 4 is 17.6 Å². The number of carboxylic acid groups (broad SMARTS) is 1. The minimum absolute atomic E-state index is 0.100. The van der Waals surface area contributed by atoms with Gasteiger partial charge in [-0.25, -0.2) is 9.18 Å². The van der Waals surface area contributed by atoms with Crippen molar-refractivity contribution in [3.05, 3.63) is 52.8 Å². The van der Waals surface area contributed by atoms with Crippen LogP contribution in [0, 0.1) is 5.82 Å². The number of carbonyl (C=O) groups is 1. The Hall–Kier alpha value is -2.07. The van der Waals surface area contributed by atoms with Gasteiger partial charge in [0.2, 0.25) is 0 Å². The van der Waals surface area contributed by atoms with E-state index in [0.717, 1.165) is 0 Å². The molecule has 2 aromatic rings. The minimum atomic E-state index is -1.05. The Morgan fingerprint density at radius 1 is 1.26 bits per heavy atom. The Balaban J connectivity index is 2.58. The van der Waals surface area contributed by atoms with Gasteiger partial charge in [0.05, 0.1) is 12.7 Å². The normalized spacial score (nSPS) is 10.3. The van der Waals surface area contributed by atoms with Gasteiger partial charge in [-0.2, -0.15) is 0 Å². The van der Waals surface area contributed by atoms with E-state index in [4.69, 9.17) is 21.4 Å². The Kier molecular flexibility index (Phi) is 3.71. The summed E-state index contributed by atoms with van der Waals surface area (Å²) in [5, 5.41) is 9.18. The summed E-state index contributed by atoms with van der Waals surface area (Å²) < 4.78 is 18.5. The molecule has 98 valence electrons. The third-order valence-corrected chi connectivity index (χ3v) is 2.84. The number of carboxylic acids is 1. The van der Waals surface area contributed by atoms with Gasteiger partial charge in [-0.1, -0.05) is 11.6 Å². The number of hydrogen-bond acceptors (Lipinski definition) is 2. The van der Waals surface area contributed by atoms with Crippen molar-refractivity contribution in [1.82, 2.24) is 0 Å². The molecule has 0 saturated heterocycles. The van der Waals surface area contributed by atoms with E-state index in [1.54, 1.807) is 12.1 Å². The highest BCUT2D eigenvalue weighted by Gasteiger charge is 2.11. The van der Waals surface area contributed by atoms with E-state index in [1.807, 2.05) is 0 Å². The highest BCUT2D eigenvalue weighted by molar-refractivity contribution is 6.30. The molecule has 0 saturated carbocycles. The van der Waals surface area contributed by atoms with Crippen molar-refractivity contribution in [3.8, 4) is 16.9 Å². The van der Waals surface area contributed by atoms with Crippen LogP contribution in [0.5, 0.6) is 5.75 Å². The highest BCUT2D eigenvalue weighted by Crippen LogP contribution is 2.32. The zero-order chi connectivity index (χ0) is 14.0. The average Bonchev–Trinajstić information content (AvgIpc) is 2.36. The number of hydrogen-bond donors (Lipinski definition) is 1. The quantitative estimate of drug-likeness (QED) is 0.929. The van der Waals surface area contributed by atoms with Crippen molar-refractivity contribution in [2.45, 2.75) is 0 Å². The van der Waals surface area contributed by atoms with E-state index in [2.05, 4.69) is 0 Å². The van der Waals surface area contributed by atoms with E-state index in [-0.39, 0.29) is 10.6 Å². The summed E-state index contributed by atoms with van der Waals surface area (Å²) >= 11 is 5.80. The van der Waals surface area contributed by atoms with E-state index in [9.17, 15) is 9.18 Å². The van der Waals surface area contributed by atoms with Gasteiger partial charge in [0.1, 0.15) is 11.6 Å². The molecular weight excluding hydrogens is 271 g/mol. The first-order valence-corrected chi connectivity index (χ1v) is 5.77. The predicted octanol–water partition coefficient (Wildman–Crippen LogP) is 3.85. The zero-order valence-corrected chi connectivity index (χ0v) is 10.7. The van der Waals surface area contributed by atoms with Crippen LogP contribution in [0.2, 0.25) is 5.02 Å². The molecule has 0 aliphatic carbocycles. The lowest BCUT2D eigenvalue weighted by Gasteiger charge is -2.10. The highest BCUT2D eigenvalue weighted by atomic mass is 35.5. The molecule has 1 N–H and O–H groups in total. The van der Waals surface area contributed by atoms with Crippen LogP contribution < -0.4 is 4.74 Å². The van der Waals surface area contributed by atoms with Crippen LogP contribution in [0.4, 0.5) is 4.39 Å². The van der Waals surface area contributed by atoms with Crippen molar-refractivity contribution < 1.29 is 19.0 Å². The summed E-state index contributed by atoms with van der Waals surface area (Å²) in [5.74, 6) is -1.17. The molecule has 2 rings (SSSR count). The Labute approximate surface area is 114 Å². The molecule has 0 spiro atoms. The number of rotatable bonds is 3. The molecule has 0 amide bonds. The van der Waals surface area contributed by atoms with Crippen LogP contribution in [0.3, 0.4) is 0 Å². The first-order chi connectivity index (χ1) is 9.01.